The van der Waals surface area contributed by atoms with Crippen LogP contribution in [-0.2, 0) is 16.1 Å². The van der Waals surface area contributed by atoms with Crippen LogP contribution in [0.2, 0.25) is 5.02 Å². The molecule has 4 rings (SSSR count). The van der Waals surface area contributed by atoms with E-state index < -0.39 is 0 Å². The summed E-state index contributed by atoms with van der Waals surface area (Å²) in [6.07, 6.45) is 1.62. The summed E-state index contributed by atoms with van der Waals surface area (Å²) in [6.45, 7) is 1.75. The Morgan fingerprint density at radius 1 is 1.18 bits per heavy atom. The highest BCUT2D eigenvalue weighted by Gasteiger charge is 2.23. The van der Waals surface area contributed by atoms with Crippen molar-refractivity contribution in [2.24, 2.45) is 5.73 Å². The highest BCUT2D eigenvalue weighted by Crippen LogP contribution is 2.29. The molecule has 12 heteroatoms. The molecule has 9 nitrogen and oxygen atoms in total. The Hall–Kier alpha value is -2.89. The van der Waals surface area contributed by atoms with Gasteiger partial charge in [-0.05, 0) is 24.3 Å². The molecule has 0 bridgehead atoms. The van der Waals surface area contributed by atoms with Crippen LogP contribution in [0.25, 0.3) is 10.7 Å². The Morgan fingerprint density at radius 3 is 2.73 bits per heavy atom. The number of aromatic nitrogens is 4. The van der Waals surface area contributed by atoms with Crippen LogP contribution in [0, 0.1) is 5.82 Å². The normalized spacial score (nSPS) is 14.3. The van der Waals surface area contributed by atoms with Crippen LogP contribution in [-0.4, -0.2) is 52.1 Å². The first-order valence-corrected chi connectivity index (χ1v) is 11.6. The minimum atomic E-state index is -0.377. The SMILES string of the molecule is NCCC(=O)OCc1nnc(-c2ccc(N3CCC(Oc4cc(F)ccc4Cl)CC3)nn2)s1. The molecule has 1 saturated heterocycles. The number of esters is 1. The fourth-order valence-corrected chi connectivity index (χ4v) is 4.19. The topological polar surface area (TPSA) is 116 Å². The summed E-state index contributed by atoms with van der Waals surface area (Å²) in [5.41, 5.74) is 5.92. The van der Waals surface area contributed by atoms with Crippen molar-refractivity contribution in [1.29, 1.82) is 0 Å². The third-order valence-corrected chi connectivity index (χ3v) is 6.23. The summed E-state index contributed by atoms with van der Waals surface area (Å²) < 4.78 is 24.4. The average molecular weight is 493 g/mol. The number of hydrogen-bond acceptors (Lipinski definition) is 10. The molecule has 0 saturated carbocycles. The van der Waals surface area contributed by atoms with Gasteiger partial charge in [-0.3, -0.25) is 4.79 Å². The smallest absolute Gasteiger partial charge is 0.307 e. The largest absolute Gasteiger partial charge is 0.489 e. The first-order chi connectivity index (χ1) is 16.0. The van der Waals surface area contributed by atoms with Crippen LogP contribution in [0.3, 0.4) is 0 Å². The number of benzene rings is 1. The molecular formula is C21H22ClFN6O3S. The van der Waals surface area contributed by atoms with Crippen molar-refractivity contribution in [3.05, 3.63) is 46.2 Å². The molecular weight excluding hydrogens is 471 g/mol. The molecule has 3 heterocycles. The molecule has 2 N–H and O–H groups in total. The van der Waals surface area contributed by atoms with Gasteiger partial charge in [0.25, 0.3) is 0 Å². The second-order valence-electron chi connectivity index (χ2n) is 7.36. The minimum absolute atomic E-state index is 0.0495. The highest BCUT2D eigenvalue weighted by molar-refractivity contribution is 7.14. The van der Waals surface area contributed by atoms with E-state index in [4.69, 9.17) is 26.8 Å². The van der Waals surface area contributed by atoms with Crippen molar-refractivity contribution in [1.82, 2.24) is 20.4 Å². The van der Waals surface area contributed by atoms with Gasteiger partial charge < -0.3 is 20.1 Å². The second kappa shape index (κ2) is 10.8. The van der Waals surface area contributed by atoms with E-state index in [1.54, 1.807) is 0 Å². The first kappa shape index (κ1) is 23.3. The summed E-state index contributed by atoms with van der Waals surface area (Å²) >= 11 is 7.39. The van der Waals surface area contributed by atoms with Crippen molar-refractivity contribution in [2.75, 3.05) is 24.5 Å². The second-order valence-corrected chi connectivity index (χ2v) is 8.83. The van der Waals surface area contributed by atoms with Gasteiger partial charge in [-0.1, -0.05) is 22.9 Å². The van der Waals surface area contributed by atoms with E-state index in [0.717, 1.165) is 31.7 Å². The van der Waals surface area contributed by atoms with E-state index in [-0.39, 0.29) is 37.5 Å². The van der Waals surface area contributed by atoms with Gasteiger partial charge in [0.05, 0.1) is 11.4 Å². The van der Waals surface area contributed by atoms with Crippen LogP contribution < -0.4 is 15.4 Å². The maximum absolute atomic E-state index is 13.4. The Morgan fingerprint density at radius 2 is 2.00 bits per heavy atom. The Kier molecular flexibility index (Phi) is 7.63. The van der Waals surface area contributed by atoms with Gasteiger partial charge in [-0.2, -0.15) is 0 Å². The van der Waals surface area contributed by atoms with Gasteiger partial charge in [0, 0.05) is 38.5 Å². The number of anilines is 1. The van der Waals surface area contributed by atoms with Gasteiger partial charge >= 0.3 is 5.97 Å². The van der Waals surface area contributed by atoms with Crippen LogP contribution in [0.5, 0.6) is 5.75 Å². The maximum atomic E-state index is 13.4. The molecule has 1 aliphatic heterocycles. The lowest BCUT2D eigenvalue weighted by Gasteiger charge is -2.32. The number of nitrogens with two attached hydrogens (primary N) is 1. The number of piperidine rings is 1. The molecule has 0 radical (unpaired) electrons. The Balaban J connectivity index is 1.30. The summed E-state index contributed by atoms with van der Waals surface area (Å²) in [6, 6.07) is 7.83. The number of rotatable bonds is 8. The molecule has 0 aliphatic carbocycles. The molecule has 33 heavy (non-hydrogen) atoms. The summed E-state index contributed by atoms with van der Waals surface area (Å²) in [7, 11) is 0. The highest BCUT2D eigenvalue weighted by atomic mass is 35.5. The molecule has 0 atom stereocenters. The first-order valence-electron chi connectivity index (χ1n) is 10.4. The van der Waals surface area contributed by atoms with Gasteiger partial charge in [0.2, 0.25) is 0 Å². The predicted octanol–water partition coefficient (Wildman–Crippen LogP) is 3.23. The van der Waals surface area contributed by atoms with Crippen molar-refractivity contribution < 1.29 is 18.7 Å². The Labute approximate surface area is 198 Å². The lowest BCUT2D eigenvalue weighted by Crippen LogP contribution is -2.38. The van der Waals surface area contributed by atoms with Gasteiger partial charge in [0.1, 0.15) is 30.0 Å². The average Bonchev–Trinajstić information content (AvgIpc) is 3.30. The molecule has 3 aromatic rings. The van der Waals surface area contributed by atoms with E-state index in [1.165, 1.54) is 29.5 Å². The van der Waals surface area contributed by atoms with Crippen LogP contribution in [0.15, 0.2) is 30.3 Å². The van der Waals surface area contributed by atoms with E-state index in [9.17, 15) is 9.18 Å². The van der Waals surface area contributed by atoms with Crippen LogP contribution in [0.1, 0.15) is 24.3 Å². The maximum Gasteiger partial charge on any atom is 0.307 e. The lowest BCUT2D eigenvalue weighted by molar-refractivity contribution is -0.144. The minimum Gasteiger partial charge on any atom is -0.489 e. The zero-order valence-corrected chi connectivity index (χ0v) is 19.2. The van der Waals surface area contributed by atoms with Gasteiger partial charge in [-0.15, -0.1) is 20.4 Å². The van der Waals surface area contributed by atoms with Crippen molar-refractivity contribution in [3.8, 4) is 16.5 Å². The zero-order chi connectivity index (χ0) is 23.2. The summed E-state index contributed by atoms with van der Waals surface area (Å²) in [5.74, 6) is 0.371. The van der Waals surface area contributed by atoms with E-state index >= 15 is 0 Å². The molecule has 1 fully saturated rings. The molecule has 0 spiro atoms. The number of ether oxygens (including phenoxy) is 2. The van der Waals surface area contributed by atoms with Crippen LogP contribution in [0.4, 0.5) is 10.2 Å². The molecule has 174 valence electrons. The summed E-state index contributed by atoms with van der Waals surface area (Å²) in [5, 5.41) is 18.3. The fourth-order valence-electron chi connectivity index (χ4n) is 3.31. The van der Waals surface area contributed by atoms with Gasteiger partial charge in [0.15, 0.2) is 15.8 Å². The molecule has 1 aliphatic rings. The predicted molar refractivity (Wildman–Crippen MR) is 122 cm³/mol. The number of hydrogen-bond donors (Lipinski definition) is 1. The third-order valence-electron chi connectivity index (χ3n) is 4.99. The quantitative estimate of drug-likeness (QED) is 0.473. The third kappa shape index (κ3) is 6.12. The van der Waals surface area contributed by atoms with E-state index in [0.29, 0.717) is 26.5 Å². The molecule has 1 aromatic carbocycles. The van der Waals surface area contributed by atoms with Gasteiger partial charge in [-0.25, -0.2) is 4.39 Å². The number of carbonyl (C=O) groups is 1. The number of carbonyl (C=O) groups excluding carboxylic acids is 1. The monoisotopic (exact) mass is 492 g/mol. The molecule has 0 amide bonds. The standard InChI is InChI=1S/C21H22ClFN6O3S/c22-15-2-1-13(23)11-17(15)32-14-6-9-29(10-7-14)18-4-3-16(25-26-18)21-28-27-19(33-21)12-31-20(30)5-8-24/h1-4,11,14H,5-10,12,24H2. The number of halogens is 2. The fraction of sp³-hybridized carbons (Fsp3) is 0.381. The molecule has 0 unspecified atom stereocenters. The van der Waals surface area contributed by atoms with Crippen LogP contribution >= 0.6 is 22.9 Å². The summed E-state index contributed by atoms with van der Waals surface area (Å²) in [4.78, 5) is 13.5. The van der Waals surface area contributed by atoms with E-state index in [1.807, 2.05) is 12.1 Å². The number of nitrogens with zero attached hydrogens (tertiary/aromatic N) is 5. The zero-order valence-electron chi connectivity index (χ0n) is 17.6. The van der Waals surface area contributed by atoms with E-state index in [2.05, 4.69) is 25.3 Å². The van der Waals surface area contributed by atoms with Crippen molar-refractivity contribution in [2.45, 2.75) is 32.0 Å². The van der Waals surface area contributed by atoms with Crippen molar-refractivity contribution in [3.63, 3.8) is 0 Å². The van der Waals surface area contributed by atoms with Crippen molar-refractivity contribution >= 4 is 34.7 Å². The lowest BCUT2D eigenvalue weighted by atomic mass is 10.1. The molecule has 2 aromatic heterocycles. The Bertz CT molecular complexity index is 1090.